The van der Waals surface area contributed by atoms with Crippen molar-refractivity contribution >= 4 is 11.7 Å². The fourth-order valence-electron chi connectivity index (χ4n) is 1.56. The second kappa shape index (κ2) is 2.55. The summed E-state index contributed by atoms with van der Waals surface area (Å²) in [5, 5.41) is 8.77. The number of Topliss-reactive ketones (excluding diaryl/α,β-unsaturated/α-hetero) is 1. The van der Waals surface area contributed by atoms with Crippen LogP contribution in [0.1, 0.15) is 12.8 Å². The molecule has 0 radical (unpaired) electrons. The van der Waals surface area contributed by atoms with E-state index in [1.165, 1.54) is 0 Å². The molecule has 1 aliphatic heterocycles. The van der Waals surface area contributed by atoms with E-state index in [0.717, 1.165) is 12.8 Å². The summed E-state index contributed by atoms with van der Waals surface area (Å²) in [5.41, 5.74) is 0. The SMILES string of the molecule is O=C1C(=O)N(C2CC2)CC1CO. The molecule has 2 fully saturated rings. The van der Waals surface area contributed by atoms with Crippen molar-refractivity contribution in [2.24, 2.45) is 5.92 Å². The van der Waals surface area contributed by atoms with Crippen molar-refractivity contribution in [1.29, 1.82) is 0 Å². The molecule has 1 amide bonds. The normalized spacial score (nSPS) is 30.1. The lowest BCUT2D eigenvalue weighted by molar-refractivity contribution is -0.141. The number of carbonyl (C=O) groups excluding carboxylic acids is 2. The number of aliphatic hydroxyl groups excluding tert-OH is 1. The molecule has 1 saturated heterocycles. The molecule has 1 unspecified atom stereocenters. The summed E-state index contributed by atoms with van der Waals surface area (Å²) in [5.74, 6) is -1.26. The Bertz CT molecular complexity index is 234. The maximum Gasteiger partial charge on any atom is 0.290 e. The van der Waals surface area contributed by atoms with Crippen LogP contribution in [0.3, 0.4) is 0 Å². The van der Waals surface area contributed by atoms with Crippen molar-refractivity contribution in [3.63, 3.8) is 0 Å². The monoisotopic (exact) mass is 169 g/mol. The highest BCUT2D eigenvalue weighted by Gasteiger charge is 2.44. The van der Waals surface area contributed by atoms with Gasteiger partial charge in [0.15, 0.2) is 0 Å². The van der Waals surface area contributed by atoms with Gasteiger partial charge in [0.05, 0.1) is 12.5 Å². The summed E-state index contributed by atoms with van der Waals surface area (Å²) in [6, 6.07) is 0.290. The predicted octanol–water partition coefficient (Wildman–Crippen LogP) is -0.831. The molecule has 1 aliphatic carbocycles. The van der Waals surface area contributed by atoms with Gasteiger partial charge in [-0.25, -0.2) is 0 Å². The average molecular weight is 169 g/mol. The van der Waals surface area contributed by atoms with Gasteiger partial charge in [-0.2, -0.15) is 0 Å². The molecule has 1 heterocycles. The van der Waals surface area contributed by atoms with Gasteiger partial charge in [0.1, 0.15) is 0 Å². The fourth-order valence-corrected chi connectivity index (χ4v) is 1.56. The highest BCUT2D eigenvalue weighted by Crippen LogP contribution is 2.30. The Morgan fingerprint density at radius 3 is 2.50 bits per heavy atom. The highest BCUT2D eigenvalue weighted by atomic mass is 16.3. The van der Waals surface area contributed by atoms with Crippen molar-refractivity contribution in [3.8, 4) is 0 Å². The van der Waals surface area contributed by atoms with Crippen LogP contribution in [0.2, 0.25) is 0 Å². The van der Waals surface area contributed by atoms with Gasteiger partial charge in [-0.1, -0.05) is 0 Å². The lowest BCUT2D eigenvalue weighted by Crippen LogP contribution is -2.29. The van der Waals surface area contributed by atoms with Crippen LogP contribution in [0.15, 0.2) is 0 Å². The van der Waals surface area contributed by atoms with E-state index in [0.29, 0.717) is 6.54 Å². The number of amides is 1. The van der Waals surface area contributed by atoms with Crippen LogP contribution >= 0.6 is 0 Å². The van der Waals surface area contributed by atoms with Gasteiger partial charge < -0.3 is 10.0 Å². The number of ketones is 1. The number of rotatable bonds is 2. The standard InChI is InChI=1S/C8H11NO3/c10-4-5-3-9(6-1-2-6)8(12)7(5)11/h5-6,10H,1-4H2. The van der Waals surface area contributed by atoms with E-state index >= 15 is 0 Å². The zero-order valence-corrected chi connectivity index (χ0v) is 6.69. The molecule has 0 aromatic rings. The first kappa shape index (κ1) is 7.73. The maximum absolute atomic E-state index is 11.2. The molecule has 0 aromatic carbocycles. The predicted molar refractivity (Wildman–Crippen MR) is 40.3 cm³/mol. The third kappa shape index (κ3) is 1.03. The van der Waals surface area contributed by atoms with Gasteiger partial charge in [0, 0.05) is 12.6 Å². The van der Waals surface area contributed by atoms with E-state index in [4.69, 9.17) is 5.11 Å². The number of aliphatic hydroxyl groups is 1. The largest absolute Gasteiger partial charge is 0.396 e. The molecule has 1 saturated carbocycles. The Labute approximate surface area is 70.2 Å². The molecule has 12 heavy (non-hydrogen) atoms. The van der Waals surface area contributed by atoms with E-state index < -0.39 is 17.6 Å². The van der Waals surface area contributed by atoms with E-state index in [9.17, 15) is 9.59 Å². The Hall–Kier alpha value is -0.900. The first-order chi connectivity index (χ1) is 5.74. The molecule has 0 spiro atoms. The van der Waals surface area contributed by atoms with Gasteiger partial charge in [0.2, 0.25) is 5.78 Å². The van der Waals surface area contributed by atoms with Crippen LogP contribution in [0, 0.1) is 5.92 Å². The summed E-state index contributed by atoms with van der Waals surface area (Å²) < 4.78 is 0. The van der Waals surface area contributed by atoms with Crippen LogP contribution in [0.4, 0.5) is 0 Å². The first-order valence-corrected chi connectivity index (χ1v) is 4.19. The fraction of sp³-hybridized carbons (Fsp3) is 0.750. The number of nitrogens with zero attached hydrogens (tertiary/aromatic N) is 1. The number of likely N-dealkylation sites (tertiary alicyclic amines) is 1. The lowest BCUT2D eigenvalue weighted by Gasteiger charge is -2.12. The van der Waals surface area contributed by atoms with Gasteiger partial charge >= 0.3 is 0 Å². The molecule has 1 atom stereocenters. The summed E-state index contributed by atoms with van der Waals surface area (Å²) >= 11 is 0. The molecule has 4 nitrogen and oxygen atoms in total. The van der Waals surface area contributed by atoms with Crippen LogP contribution < -0.4 is 0 Å². The van der Waals surface area contributed by atoms with Crippen molar-refractivity contribution in [1.82, 2.24) is 4.90 Å². The molecular formula is C8H11NO3. The molecule has 0 bridgehead atoms. The number of carbonyl (C=O) groups is 2. The van der Waals surface area contributed by atoms with Gasteiger partial charge in [0.25, 0.3) is 5.91 Å². The zero-order valence-electron chi connectivity index (χ0n) is 6.69. The Morgan fingerprint density at radius 1 is 1.42 bits per heavy atom. The smallest absolute Gasteiger partial charge is 0.290 e. The van der Waals surface area contributed by atoms with Gasteiger partial charge in [-0.15, -0.1) is 0 Å². The van der Waals surface area contributed by atoms with Crippen LogP contribution in [0.5, 0.6) is 0 Å². The van der Waals surface area contributed by atoms with Crippen molar-refractivity contribution in [2.75, 3.05) is 13.2 Å². The van der Waals surface area contributed by atoms with Crippen LogP contribution in [-0.2, 0) is 9.59 Å². The van der Waals surface area contributed by atoms with Crippen molar-refractivity contribution in [2.45, 2.75) is 18.9 Å². The second-order valence-corrected chi connectivity index (χ2v) is 3.43. The summed E-state index contributed by atoms with van der Waals surface area (Å²) in [4.78, 5) is 23.9. The summed E-state index contributed by atoms with van der Waals surface area (Å²) in [7, 11) is 0. The van der Waals surface area contributed by atoms with Gasteiger partial charge in [-0.3, -0.25) is 9.59 Å². The molecule has 2 aliphatic rings. The average Bonchev–Trinajstić information content (AvgIpc) is 2.84. The highest BCUT2D eigenvalue weighted by molar-refractivity contribution is 6.38. The summed E-state index contributed by atoms with van der Waals surface area (Å²) in [6.07, 6.45) is 2.02. The molecular weight excluding hydrogens is 158 g/mol. The van der Waals surface area contributed by atoms with E-state index in [1.54, 1.807) is 4.90 Å². The second-order valence-electron chi connectivity index (χ2n) is 3.43. The topological polar surface area (TPSA) is 57.6 Å². The molecule has 1 N–H and O–H groups in total. The molecule has 4 heteroatoms. The maximum atomic E-state index is 11.2. The summed E-state index contributed by atoms with van der Waals surface area (Å²) in [6.45, 7) is 0.229. The molecule has 2 rings (SSSR count). The molecule has 66 valence electrons. The number of hydrogen-bond donors (Lipinski definition) is 1. The first-order valence-electron chi connectivity index (χ1n) is 4.19. The van der Waals surface area contributed by atoms with Gasteiger partial charge in [-0.05, 0) is 12.8 Å². The Balaban J connectivity index is 2.10. The third-order valence-electron chi connectivity index (χ3n) is 2.47. The lowest BCUT2D eigenvalue weighted by atomic mass is 10.1. The van der Waals surface area contributed by atoms with Crippen molar-refractivity contribution in [3.05, 3.63) is 0 Å². The van der Waals surface area contributed by atoms with Crippen LogP contribution in [0.25, 0.3) is 0 Å². The van der Waals surface area contributed by atoms with E-state index in [2.05, 4.69) is 0 Å². The molecule has 0 aromatic heterocycles. The minimum Gasteiger partial charge on any atom is -0.396 e. The quantitative estimate of drug-likeness (QED) is 0.549. The Morgan fingerprint density at radius 2 is 2.08 bits per heavy atom. The van der Waals surface area contributed by atoms with Crippen LogP contribution in [-0.4, -0.2) is 40.9 Å². The van der Waals surface area contributed by atoms with E-state index in [-0.39, 0.29) is 12.6 Å². The minimum absolute atomic E-state index is 0.201. The van der Waals surface area contributed by atoms with E-state index in [1.807, 2.05) is 0 Å². The Kier molecular flexibility index (Phi) is 1.65. The number of hydrogen-bond acceptors (Lipinski definition) is 3. The zero-order chi connectivity index (χ0) is 8.72. The third-order valence-corrected chi connectivity index (χ3v) is 2.47. The minimum atomic E-state index is -0.460. The van der Waals surface area contributed by atoms with Crippen molar-refractivity contribution < 1.29 is 14.7 Å².